The second-order valence-electron chi connectivity index (χ2n) is 7.56. The lowest BCUT2D eigenvalue weighted by Crippen LogP contribution is -2.28. The summed E-state index contributed by atoms with van der Waals surface area (Å²) < 4.78 is 65.0. The monoisotopic (exact) mass is 504 g/mol. The van der Waals surface area contributed by atoms with Gasteiger partial charge in [0.05, 0.1) is 34.5 Å². The molecule has 2 fully saturated rings. The first-order valence-corrected chi connectivity index (χ1v) is 11.4. The number of thiophene rings is 1. The van der Waals surface area contributed by atoms with E-state index in [2.05, 4.69) is 20.8 Å². The number of nitrogens with one attached hydrogen (secondary N) is 2. The van der Waals surface area contributed by atoms with Gasteiger partial charge in [-0.3, -0.25) is 4.79 Å². The number of hydrogen-bond acceptors (Lipinski definition) is 9. The van der Waals surface area contributed by atoms with Crippen LogP contribution in [0.15, 0.2) is 27.6 Å². The van der Waals surface area contributed by atoms with Crippen LogP contribution in [0.4, 0.5) is 23.2 Å². The number of aromatic nitrogens is 2. The number of rotatable bonds is 5. The normalized spacial score (nSPS) is 25.7. The van der Waals surface area contributed by atoms with Crippen molar-refractivity contribution >= 4 is 44.8 Å². The van der Waals surface area contributed by atoms with E-state index in [1.54, 1.807) is 18.2 Å². The van der Waals surface area contributed by atoms with E-state index < -0.39 is 35.8 Å². The third-order valence-corrected chi connectivity index (χ3v) is 7.48. The number of nitrogens with zero attached hydrogens (tertiary/aromatic N) is 2. The van der Waals surface area contributed by atoms with Crippen LogP contribution in [0, 0.1) is 0 Å². The smallest absolute Gasteiger partial charge is 0.383 e. The molecule has 2 aromatic heterocycles. The fourth-order valence-electron chi connectivity index (χ4n) is 3.72. The number of aliphatic hydroxyl groups excluding tert-OH is 1. The van der Waals surface area contributed by atoms with Crippen molar-refractivity contribution in [2.45, 2.75) is 41.2 Å². The van der Waals surface area contributed by atoms with Gasteiger partial charge in [0.15, 0.2) is 0 Å². The van der Waals surface area contributed by atoms with Crippen LogP contribution < -0.4 is 10.6 Å². The second-order valence-corrected chi connectivity index (χ2v) is 9.66. The molecule has 0 radical (unpaired) electrons. The number of fused-ring (bicyclic) bond motifs is 1. The van der Waals surface area contributed by atoms with Crippen LogP contribution in [-0.2, 0) is 9.53 Å². The van der Waals surface area contributed by atoms with E-state index in [-0.39, 0.29) is 52.9 Å². The van der Waals surface area contributed by atoms with Crippen LogP contribution in [0.5, 0.6) is 0 Å². The van der Waals surface area contributed by atoms with Crippen LogP contribution in [0.1, 0.15) is 18.4 Å². The molecule has 33 heavy (non-hydrogen) atoms. The highest BCUT2D eigenvalue weighted by Crippen LogP contribution is 2.50. The molecule has 5 rings (SSSR count). The highest BCUT2D eigenvalue weighted by molar-refractivity contribution is 8.00. The van der Waals surface area contributed by atoms with Crippen molar-refractivity contribution in [3.63, 3.8) is 0 Å². The topological polar surface area (TPSA) is 110 Å². The zero-order chi connectivity index (χ0) is 23.3. The highest BCUT2D eigenvalue weighted by Gasteiger charge is 2.37. The summed E-state index contributed by atoms with van der Waals surface area (Å²) in [6.07, 6.45) is -2.45. The van der Waals surface area contributed by atoms with Crippen LogP contribution in [0.3, 0.4) is 0 Å². The lowest BCUT2D eigenvalue weighted by atomic mass is 10.2. The maximum absolute atomic E-state index is 14.0. The molecule has 2 saturated heterocycles. The summed E-state index contributed by atoms with van der Waals surface area (Å²) in [6.45, 7) is 0.101. The summed E-state index contributed by atoms with van der Waals surface area (Å²) in [5.41, 5.74) is -4.10. The molecule has 2 aliphatic heterocycles. The number of anilines is 1. The molecule has 3 N–H and O–H groups in total. The molecule has 1 aromatic carbocycles. The first kappa shape index (κ1) is 22.4. The van der Waals surface area contributed by atoms with Gasteiger partial charge < -0.3 is 25.0 Å². The Kier molecular flexibility index (Phi) is 5.71. The third-order valence-electron chi connectivity index (χ3n) is 5.26. The van der Waals surface area contributed by atoms with Gasteiger partial charge in [-0.05, 0) is 17.8 Å². The highest BCUT2D eigenvalue weighted by atomic mass is 32.2. The van der Waals surface area contributed by atoms with Gasteiger partial charge in [0.25, 0.3) is 0 Å². The molecule has 14 heteroatoms. The largest absolute Gasteiger partial charge is 0.446 e. The molecule has 4 heterocycles. The zero-order valence-corrected chi connectivity index (χ0v) is 18.2. The van der Waals surface area contributed by atoms with Gasteiger partial charge in [-0.1, -0.05) is 17.3 Å². The van der Waals surface area contributed by atoms with E-state index in [0.717, 1.165) is 11.3 Å². The minimum absolute atomic E-state index is 0.0129. The molecule has 4 atom stereocenters. The Bertz CT molecular complexity index is 1200. The number of benzene rings is 1. The zero-order valence-electron chi connectivity index (χ0n) is 16.6. The molecular weight excluding hydrogens is 488 g/mol. The minimum atomic E-state index is -4.58. The van der Waals surface area contributed by atoms with Gasteiger partial charge in [-0.15, -0.1) is 11.3 Å². The van der Waals surface area contributed by atoms with E-state index in [1.807, 2.05) is 0 Å². The van der Waals surface area contributed by atoms with E-state index in [9.17, 15) is 27.5 Å². The predicted molar refractivity (Wildman–Crippen MR) is 112 cm³/mol. The van der Waals surface area contributed by atoms with E-state index in [1.165, 1.54) is 0 Å². The Balaban J connectivity index is 1.55. The quantitative estimate of drug-likeness (QED) is 0.357. The molecular formula is C19H16F4N4O4S2. The van der Waals surface area contributed by atoms with Gasteiger partial charge in [-0.2, -0.15) is 18.2 Å². The Morgan fingerprint density at radius 1 is 1.30 bits per heavy atom. The summed E-state index contributed by atoms with van der Waals surface area (Å²) in [6, 6.07) is 3.44. The van der Waals surface area contributed by atoms with Gasteiger partial charge in [0, 0.05) is 16.7 Å². The van der Waals surface area contributed by atoms with Crippen molar-refractivity contribution in [2.75, 3.05) is 18.5 Å². The average molecular weight is 504 g/mol. The summed E-state index contributed by atoms with van der Waals surface area (Å²) in [5, 5.41) is 19.3. The fourth-order valence-corrected chi connectivity index (χ4v) is 5.83. The fraction of sp³-hybridized carbons (Fsp3) is 0.421. The first-order chi connectivity index (χ1) is 15.7. The van der Waals surface area contributed by atoms with Gasteiger partial charge >= 0.3 is 5.51 Å². The summed E-state index contributed by atoms with van der Waals surface area (Å²) >= 11 is 0.723. The second kappa shape index (κ2) is 8.42. The van der Waals surface area contributed by atoms with E-state index >= 15 is 0 Å². The number of aliphatic hydroxyl groups is 1. The molecule has 0 aliphatic carbocycles. The number of carbonyl (C=O) groups is 1. The van der Waals surface area contributed by atoms with Crippen molar-refractivity contribution < 1.29 is 36.7 Å². The molecule has 0 spiro atoms. The average Bonchev–Trinajstić information content (AvgIpc) is 3.51. The standard InChI is InChI=1S/C19H16F4N4O4S2/c20-8-5-30-6-11(8)24-9-3-1-2-7-13(9)32-15(14(7)33-19(21,22)23)16-26-18(31-27-16)10-4-12(28)17(29)25-10/h1-3,8,10-12,24,28H,4-6H2,(H,25,29)/t8-,10+,11+,12-/m0/s1. The van der Waals surface area contributed by atoms with Crippen LogP contribution in [0.25, 0.3) is 20.8 Å². The Morgan fingerprint density at radius 3 is 2.79 bits per heavy atom. The Labute approximate surface area is 191 Å². The molecule has 0 unspecified atom stereocenters. The Morgan fingerprint density at radius 2 is 2.12 bits per heavy atom. The lowest BCUT2D eigenvalue weighted by molar-refractivity contribution is -0.126. The van der Waals surface area contributed by atoms with E-state index in [4.69, 9.17) is 9.26 Å². The van der Waals surface area contributed by atoms with Crippen molar-refractivity contribution in [2.24, 2.45) is 0 Å². The van der Waals surface area contributed by atoms with Crippen molar-refractivity contribution in [1.82, 2.24) is 15.5 Å². The molecule has 0 saturated carbocycles. The van der Waals surface area contributed by atoms with Crippen LogP contribution >= 0.6 is 23.1 Å². The number of amides is 1. The maximum Gasteiger partial charge on any atom is 0.446 e. The van der Waals surface area contributed by atoms with Gasteiger partial charge in [0.1, 0.15) is 18.3 Å². The number of thioether (sulfide) groups is 1. The van der Waals surface area contributed by atoms with Crippen molar-refractivity contribution in [1.29, 1.82) is 0 Å². The number of carbonyl (C=O) groups excluding carboxylic acids is 1. The van der Waals surface area contributed by atoms with E-state index in [0.29, 0.717) is 15.8 Å². The summed E-state index contributed by atoms with van der Waals surface area (Å²) in [4.78, 5) is 15.8. The van der Waals surface area contributed by atoms with Gasteiger partial charge in [0.2, 0.25) is 17.6 Å². The van der Waals surface area contributed by atoms with Crippen LogP contribution in [0.2, 0.25) is 0 Å². The molecule has 0 bridgehead atoms. The van der Waals surface area contributed by atoms with Gasteiger partial charge in [-0.25, -0.2) is 4.39 Å². The molecule has 1 amide bonds. The number of hydrogen-bond donors (Lipinski definition) is 3. The first-order valence-electron chi connectivity index (χ1n) is 9.81. The SMILES string of the molecule is O=C1N[C@@H](c2nc(-c3sc4c(N[C@@H]5COC[C@@H]5F)cccc4c3SC(F)(F)F)no2)C[C@@H]1O. The predicted octanol–water partition coefficient (Wildman–Crippen LogP) is 3.63. The molecule has 8 nitrogen and oxygen atoms in total. The van der Waals surface area contributed by atoms with Crippen molar-refractivity contribution in [3.8, 4) is 10.7 Å². The number of alkyl halides is 4. The molecule has 3 aromatic rings. The van der Waals surface area contributed by atoms with Crippen molar-refractivity contribution in [3.05, 3.63) is 24.1 Å². The number of halogens is 4. The maximum atomic E-state index is 14.0. The lowest BCUT2D eigenvalue weighted by Gasteiger charge is -2.15. The minimum Gasteiger partial charge on any atom is -0.383 e. The van der Waals surface area contributed by atoms with Crippen LogP contribution in [-0.4, -0.2) is 58.2 Å². The summed E-state index contributed by atoms with van der Waals surface area (Å²) in [5.74, 6) is -0.683. The third kappa shape index (κ3) is 4.39. The Hall–Kier alpha value is -2.42. The summed E-state index contributed by atoms with van der Waals surface area (Å²) in [7, 11) is 0. The number of ether oxygens (including phenoxy) is 1. The molecule has 176 valence electrons. The molecule has 2 aliphatic rings.